The second-order valence-electron chi connectivity index (χ2n) is 11.2. The zero-order chi connectivity index (χ0) is 25.9. The number of hydrogen-bond donors (Lipinski definition) is 1. The van der Waals surface area contributed by atoms with Gasteiger partial charge >= 0.3 is 0 Å². The van der Waals surface area contributed by atoms with E-state index in [1.54, 1.807) is 13.4 Å². The third kappa shape index (κ3) is 3.92. The first-order valence-corrected chi connectivity index (χ1v) is 13.6. The SMILES string of the molecule is COC1CC(c2cccc(-n3cc(C4CC4)c4cc(CN5CCOCC5)[nH]c4c3=O)c2)(c2nncn2C)C1. The molecule has 0 spiro atoms. The van der Waals surface area contributed by atoms with Crippen LogP contribution in [-0.4, -0.2) is 68.7 Å². The predicted molar refractivity (Wildman–Crippen MR) is 144 cm³/mol. The zero-order valence-electron chi connectivity index (χ0n) is 22.0. The minimum atomic E-state index is -0.285. The van der Waals surface area contributed by atoms with Crippen molar-refractivity contribution in [2.75, 3.05) is 33.4 Å². The molecule has 2 aliphatic carbocycles. The number of nitrogens with zero attached hydrogens (tertiary/aromatic N) is 5. The standard InChI is InChI=1S/C29H34N6O3/c1-33-18-30-32-28(33)29(14-23(15-29)37-2)20-4-3-5-22(12-20)35-17-25(19-6-7-19)24-13-21(31-26(24)27(35)36)16-34-8-10-38-11-9-34/h3-5,12-13,17-19,23,31H,6-11,14-16H2,1-2H3. The van der Waals surface area contributed by atoms with Gasteiger partial charge in [-0.2, -0.15) is 0 Å². The summed E-state index contributed by atoms with van der Waals surface area (Å²) < 4.78 is 15.0. The highest BCUT2D eigenvalue weighted by molar-refractivity contribution is 5.84. The highest BCUT2D eigenvalue weighted by Crippen LogP contribution is 2.49. The number of aromatic nitrogens is 5. The number of aryl methyl sites for hydroxylation is 1. The van der Waals surface area contributed by atoms with E-state index in [0.717, 1.165) is 73.8 Å². The fraction of sp³-hybridized carbons (Fsp3) is 0.483. The lowest BCUT2D eigenvalue weighted by molar-refractivity contribution is -0.00696. The van der Waals surface area contributed by atoms with Crippen molar-refractivity contribution in [2.45, 2.75) is 49.7 Å². The molecule has 1 saturated heterocycles. The van der Waals surface area contributed by atoms with Crippen LogP contribution in [0.4, 0.5) is 0 Å². The van der Waals surface area contributed by atoms with Crippen LogP contribution in [0.25, 0.3) is 16.6 Å². The van der Waals surface area contributed by atoms with Crippen LogP contribution in [-0.2, 0) is 28.5 Å². The summed E-state index contributed by atoms with van der Waals surface area (Å²) in [5, 5.41) is 9.72. The number of benzene rings is 1. The number of rotatable bonds is 7. The number of pyridine rings is 1. The van der Waals surface area contributed by atoms with Gasteiger partial charge in [0.1, 0.15) is 17.7 Å². The van der Waals surface area contributed by atoms with Crippen LogP contribution in [0, 0.1) is 0 Å². The van der Waals surface area contributed by atoms with Crippen LogP contribution in [0.15, 0.2) is 47.7 Å². The fourth-order valence-corrected chi connectivity index (χ4v) is 6.39. The molecule has 4 aromatic rings. The van der Waals surface area contributed by atoms with Gasteiger partial charge in [-0.1, -0.05) is 12.1 Å². The van der Waals surface area contributed by atoms with Gasteiger partial charge in [-0.15, -0.1) is 10.2 Å². The minimum Gasteiger partial charge on any atom is -0.381 e. The van der Waals surface area contributed by atoms with Crippen molar-refractivity contribution in [1.29, 1.82) is 0 Å². The third-order valence-corrected chi connectivity index (χ3v) is 8.70. The number of ether oxygens (including phenoxy) is 2. The van der Waals surface area contributed by atoms with E-state index >= 15 is 0 Å². The van der Waals surface area contributed by atoms with Crippen molar-refractivity contribution < 1.29 is 9.47 Å². The maximum atomic E-state index is 13.9. The van der Waals surface area contributed by atoms with Gasteiger partial charge in [0.05, 0.1) is 24.7 Å². The smallest absolute Gasteiger partial charge is 0.279 e. The molecular weight excluding hydrogens is 480 g/mol. The molecule has 1 aliphatic heterocycles. The summed E-state index contributed by atoms with van der Waals surface area (Å²) >= 11 is 0. The lowest BCUT2D eigenvalue weighted by atomic mass is 9.62. The predicted octanol–water partition coefficient (Wildman–Crippen LogP) is 3.25. The van der Waals surface area contributed by atoms with E-state index in [1.807, 2.05) is 22.2 Å². The van der Waals surface area contributed by atoms with Crippen LogP contribution in [0.1, 0.15) is 54.2 Å². The molecule has 198 valence electrons. The first-order chi connectivity index (χ1) is 18.6. The molecule has 1 N–H and O–H groups in total. The summed E-state index contributed by atoms with van der Waals surface area (Å²) in [4.78, 5) is 19.8. The van der Waals surface area contributed by atoms with Gasteiger partial charge in [0, 0.05) is 56.8 Å². The van der Waals surface area contributed by atoms with Crippen molar-refractivity contribution in [3.63, 3.8) is 0 Å². The van der Waals surface area contributed by atoms with Gasteiger partial charge in [-0.3, -0.25) is 14.3 Å². The summed E-state index contributed by atoms with van der Waals surface area (Å²) in [6.45, 7) is 4.16. The molecule has 3 aliphatic rings. The summed E-state index contributed by atoms with van der Waals surface area (Å²) in [5.74, 6) is 1.44. The first kappa shape index (κ1) is 23.8. The highest BCUT2D eigenvalue weighted by atomic mass is 16.5. The maximum Gasteiger partial charge on any atom is 0.279 e. The van der Waals surface area contributed by atoms with E-state index in [0.29, 0.717) is 11.4 Å². The fourth-order valence-electron chi connectivity index (χ4n) is 6.39. The highest BCUT2D eigenvalue weighted by Gasteiger charge is 2.50. The Morgan fingerprint density at radius 3 is 2.71 bits per heavy atom. The van der Waals surface area contributed by atoms with E-state index in [4.69, 9.17) is 9.47 Å². The summed E-state index contributed by atoms with van der Waals surface area (Å²) in [7, 11) is 3.75. The molecule has 4 heterocycles. The minimum absolute atomic E-state index is 0.00846. The normalized spacial score (nSPS) is 24.1. The van der Waals surface area contributed by atoms with Crippen molar-refractivity contribution >= 4 is 10.9 Å². The van der Waals surface area contributed by atoms with Crippen molar-refractivity contribution in [1.82, 2.24) is 29.2 Å². The monoisotopic (exact) mass is 514 g/mol. The molecule has 0 atom stereocenters. The van der Waals surface area contributed by atoms with Gasteiger partial charge in [-0.25, -0.2) is 0 Å². The Balaban J connectivity index is 1.31. The van der Waals surface area contributed by atoms with Crippen LogP contribution >= 0.6 is 0 Å². The van der Waals surface area contributed by atoms with E-state index in [2.05, 4.69) is 50.5 Å². The molecule has 2 saturated carbocycles. The Morgan fingerprint density at radius 2 is 2.00 bits per heavy atom. The second kappa shape index (κ2) is 9.18. The first-order valence-electron chi connectivity index (χ1n) is 13.6. The Morgan fingerprint density at radius 1 is 1.18 bits per heavy atom. The van der Waals surface area contributed by atoms with Crippen molar-refractivity contribution in [3.05, 3.63) is 75.9 Å². The van der Waals surface area contributed by atoms with Gasteiger partial charge < -0.3 is 19.0 Å². The molecular formula is C29H34N6O3. The number of aromatic amines is 1. The number of fused-ring (bicyclic) bond motifs is 1. The second-order valence-corrected chi connectivity index (χ2v) is 11.2. The maximum absolute atomic E-state index is 13.9. The molecule has 1 aromatic carbocycles. The van der Waals surface area contributed by atoms with Crippen LogP contribution in [0.5, 0.6) is 0 Å². The summed E-state index contributed by atoms with van der Waals surface area (Å²) in [5.41, 5.74) is 4.78. The molecule has 0 radical (unpaired) electrons. The van der Waals surface area contributed by atoms with Gasteiger partial charge in [0.15, 0.2) is 0 Å². The van der Waals surface area contributed by atoms with E-state index in [1.165, 1.54) is 18.4 Å². The van der Waals surface area contributed by atoms with Crippen LogP contribution in [0.3, 0.4) is 0 Å². The van der Waals surface area contributed by atoms with Crippen molar-refractivity contribution in [2.24, 2.45) is 7.05 Å². The Hall–Kier alpha value is -3.27. The molecule has 38 heavy (non-hydrogen) atoms. The van der Waals surface area contributed by atoms with Crippen LogP contribution < -0.4 is 5.56 Å². The number of morpholine rings is 1. The molecule has 9 heteroatoms. The molecule has 0 bridgehead atoms. The van der Waals surface area contributed by atoms with Crippen LogP contribution in [0.2, 0.25) is 0 Å². The van der Waals surface area contributed by atoms with Gasteiger partial charge in [-0.05, 0) is 60.9 Å². The average Bonchev–Trinajstić information content (AvgIpc) is 3.53. The molecule has 9 nitrogen and oxygen atoms in total. The lowest BCUT2D eigenvalue weighted by Crippen LogP contribution is -2.48. The Kier molecular flexibility index (Phi) is 5.76. The van der Waals surface area contributed by atoms with Gasteiger partial charge in [0.25, 0.3) is 5.56 Å². The van der Waals surface area contributed by atoms with Crippen molar-refractivity contribution in [3.8, 4) is 5.69 Å². The lowest BCUT2D eigenvalue weighted by Gasteiger charge is -2.46. The molecule has 3 fully saturated rings. The Bertz CT molecular complexity index is 1540. The topological polar surface area (TPSA) is 90.2 Å². The number of hydrogen-bond acceptors (Lipinski definition) is 6. The third-order valence-electron chi connectivity index (χ3n) is 8.70. The summed E-state index contributed by atoms with van der Waals surface area (Å²) in [6.07, 6.45) is 8.03. The number of nitrogens with one attached hydrogen (secondary N) is 1. The number of H-pyrrole nitrogens is 1. The van der Waals surface area contributed by atoms with E-state index in [9.17, 15) is 4.79 Å². The van der Waals surface area contributed by atoms with Gasteiger partial charge in [0.2, 0.25) is 0 Å². The average molecular weight is 515 g/mol. The molecule has 0 unspecified atom stereocenters. The van der Waals surface area contributed by atoms with E-state index in [-0.39, 0.29) is 17.1 Å². The molecule has 0 amide bonds. The molecule has 7 rings (SSSR count). The van der Waals surface area contributed by atoms with E-state index < -0.39 is 0 Å². The molecule has 3 aromatic heterocycles. The summed E-state index contributed by atoms with van der Waals surface area (Å²) in [6, 6.07) is 10.6. The largest absolute Gasteiger partial charge is 0.381 e. The Labute approximate surface area is 221 Å². The quantitative estimate of drug-likeness (QED) is 0.407. The zero-order valence-corrected chi connectivity index (χ0v) is 22.0. The number of methoxy groups -OCH3 is 1.